The van der Waals surface area contributed by atoms with E-state index in [0.29, 0.717) is 24.2 Å². The average Bonchev–Trinajstić information content (AvgIpc) is 3.16. The molecule has 7 nitrogen and oxygen atoms in total. The van der Waals surface area contributed by atoms with Crippen LogP contribution in [0, 0.1) is 0 Å². The van der Waals surface area contributed by atoms with Crippen molar-refractivity contribution < 1.29 is 17.9 Å². The largest absolute Gasteiger partial charge is 0.497 e. The zero-order valence-corrected chi connectivity index (χ0v) is 17.2. The normalized spacial score (nSPS) is 15.0. The van der Waals surface area contributed by atoms with Gasteiger partial charge in [0.2, 0.25) is 0 Å². The second-order valence-electron chi connectivity index (χ2n) is 7.18. The van der Waals surface area contributed by atoms with E-state index in [1.54, 1.807) is 31.4 Å². The van der Waals surface area contributed by atoms with Gasteiger partial charge in [-0.25, -0.2) is 8.42 Å². The monoisotopic (exact) mass is 413 g/mol. The van der Waals surface area contributed by atoms with E-state index in [1.807, 2.05) is 29.2 Å². The molecule has 0 radical (unpaired) electrons. The number of sulfone groups is 1. The number of ether oxygens (including phenoxy) is 1. The van der Waals surface area contributed by atoms with E-state index in [0.717, 1.165) is 30.0 Å². The Bertz CT molecular complexity index is 1140. The van der Waals surface area contributed by atoms with Crippen molar-refractivity contribution in [3.05, 3.63) is 54.2 Å². The molecule has 0 spiro atoms. The van der Waals surface area contributed by atoms with Gasteiger partial charge in [0.1, 0.15) is 11.4 Å². The highest BCUT2D eigenvalue weighted by Crippen LogP contribution is 2.23. The van der Waals surface area contributed by atoms with Crippen molar-refractivity contribution in [2.45, 2.75) is 4.90 Å². The van der Waals surface area contributed by atoms with Crippen LogP contribution in [0.15, 0.2) is 53.4 Å². The van der Waals surface area contributed by atoms with Crippen LogP contribution in [-0.4, -0.2) is 63.8 Å². The van der Waals surface area contributed by atoms with E-state index < -0.39 is 9.84 Å². The molecule has 152 valence electrons. The lowest BCUT2D eigenvalue weighted by molar-refractivity contribution is 0.0742. The lowest BCUT2D eigenvalue weighted by Gasteiger charge is -2.36. The van der Waals surface area contributed by atoms with E-state index in [1.165, 1.54) is 6.26 Å². The third-order valence-corrected chi connectivity index (χ3v) is 6.37. The molecule has 0 bridgehead atoms. The summed E-state index contributed by atoms with van der Waals surface area (Å²) in [5, 5.41) is 0.716. The van der Waals surface area contributed by atoms with Gasteiger partial charge in [-0.05, 0) is 48.5 Å². The second kappa shape index (κ2) is 7.44. The Morgan fingerprint density at radius 1 is 1.00 bits per heavy atom. The lowest BCUT2D eigenvalue weighted by Crippen LogP contribution is -2.48. The highest BCUT2D eigenvalue weighted by molar-refractivity contribution is 7.90. The SMILES string of the molecule is COc1ccc(N2CCN(C(=O)c3cc4cc(S(C)(=O)=O)ccc4[nH]3)CC2)cc1. The van der Waals surface area contributed by atoms with Gasteiger partial charge in [0.25, 0.3) is 5.91 Å². The number of hydrogen-bond acceptors (Lipinski definition) is 5. The second-order valence-corrected chi connectivity index (χ2v) is 9.20. The molecule has 2 heterocycles. The van der Waals surface area contributed by atoms with E-state index >= 15 is 0 Å². The number of anilines is 1. The highest BCUT2D eigenvalue weighted by Gasteiger charge is 2.23. The zero-order valence-electron chi connectivity index (χ0n) is 16.4. The molecule has 0 saturated carbocycles. The first kappa shape index (κ1) is 19.3. The number of aromatic amines is 1. The molecule has 0 unspecified atom stereocenters. The van der Waals surface area contributed by atoms with Crippen LogP contribution in [0.5, 0.6) is 5.75 Å². The van der Waals surface area contributed by atoms with Gasteiger partial charge in [-0.1, -0.05) is 0 Å². The number of rotatable bonds is 4. The Morgan fingerprint density at radius 3 is 2.31 bits per heavy atom. The van der Waals surface area contributed by atoms with Crippen LogP contribution in [-0.2, 0) is 9.84 Å². The molecule has 29 heavy (non-hydrogen) atoms. The summed E-state index contributed by atoms with van der Waals surface area (Å²) in [5.41, 5.74) is 2.33. The third-order valence-electron chi connectivity index (χ3n) is 5.26. The first-order valence-electron chi connectivity index (χ1n) is 9.36. The molecule has 2 aromatic carbocycles. The van der Waals surface area contributed by atoms with Crippen molar-refractivity contribution in [2.75, 3.05) is 44.4 Å². The summed E-state index contributed by atoms with van der Waals surface area (Å²) in [7, 11) is -1.64. The average molecular weight is 413 g/mol. The van der Waals surface area contributed by atoms with Crippen LogP contribution in [0.1, 0.15) is 10.5 Å². The minimum atomic E-state index is -3.29. The maximum Gasteiger partial charge on any atom is 0.270 e. The first-order chi connectivity index (χ1) is 13.8. The van der Waals surface area contributed by atoms with Crippen LogP contribution in [0.25, 0.3) is 10.9 Å². The van der Waals surface area contributed by atoms with Crippen LogP contribution in [0.2, 0.25) is 0 Å². The summed E-state index contributed by atoms with van der Waals surface area (Å²) >= 11 is 0. The molecule has 8 heteroatoms. The number of fused-ring (bicyclic) bond motifs is 1. The molecule has 4 rings (SSSR count). The number of benzene rings is 2. The van der Waals surface area contributed by atoms with Crippen LogP contribution in [0.4, 0.5) is 5.69 Å². The molecule has 1 amide bonds. The van der Waals surface area contributed by atoms with E-state index in [9.17, 15) is 13.2 Å². The predicted octanol–water partition coefficient (Wildman–Crippen LogP) is 2.54. The summed E-state index contributed by atoms with van der Waals surface area (Å²) in [6.07, 6.45) is 1.18. The molecule has 3 aromatic rings. The van der Waals surface area contributed by atoms with Crippen molar-refractivity contribution in [2.24, 2.45) is 0 Å². The Labute approximate surface area is 169 Å². The van der Waals surface area contributed by atoms with E-state index in [2.05, 4.69) is 9.88 Å². The molecular weight excluding hydrogens is 390 g/mol. The van der Waals surface area contributed by atoms with Crippen molar-refractivity contribution in [1.29, 1.82) is 0 Å². The number of aromatic nitrogens is 1. The molecular formula is C21H23N3O4S. The van der Waals surface area contributed by atoms with Crippen molar-refractivity contribution in [3.63, 3.8) is 0 Å². The van der Waals surface area contributed by atoms with Crippen LogP contribution >= 0.6 is 0 Å². The minimum Gasteiger partial charge on any atom is -0.497 e. The Kier molecular flexibility index (Phi) is 4.96. The fourth-order valence-electron chi connectivity index (χ4n) is 3.59. The molecule has 1 aliphatic rings. The number of nitrogens with one attached hydrogen (secondary N) is 1. The van der Waals surface area contributed by atoms with Crippen LogP contribution < -0.4 is 9.64 Å². The Morgan fingerprint density at radius 2 is 1.69 bits per heavy atom. The number of carbonyl (C=O) groups is 1. The van der Waals surface area contributed by atoms with Gasteiger partial charge in [-0.3, -0.25) is 4.79 Å². The van der Waals surface area contributed by atoms with Gasteiger partial charge in [0, 0.05) is 49.0 Å². The Balaban J connectivity index is 1.46. The summed E-state index contributed by atoms with van der Waals surface area (Å²) in [5.74, 6) is 0.747. The molecule has 0 aliphatic carbocycles. The molecule has 1 saturated heterocycles. The summed E-state index contributed by atoms with van der Waals surface area (Å²) in [6, 6.07) is 14.5. The topological polar surface area (TPSA) is 82.7 Å². The number of methoxy groups -OCH3 is 1. The number of carbonyl (C=O) groups excluding carboxylic acids is 1. The highest BCUT2D eigenvalue weighted by atomic mass is 32.2. The smallest absolute Gasteiger partial charge is 0.270 e. The van der Waals surface area contributed by atoms with Gasteiger partial charge in [0.15, 0.2) is 9.84 Å². The lowest BCUT2D eigenvalue weighted by atomic mass is 10.2. The zero-order chi connectivity index (χ0) is 20.6. The van der Waals surface area contributed by atoms with E-state index in [-0.39, 0.29) is 10.8 Å². The van der Waals surface area contributed by atoms with Crippen molar-refractivity contribution in [1.82, 2.24) is 9.88 Å². The number of piperazine rings is 1. The molecule has 1 aromatic heterocycles. The molecule has 1 fully saturated rings. The minimum absolute atomic E-state index is 0.0727. The number of H-pyrrole nitrogens is 1. The molecule has 0 atom stereocenters. The van der Waals surface area contributed by atoms with Gasteiger partial charge in [0.05, 0.1) is 12.0 Å². The molecule has 1 N–H and O–H groups in total. The molecule has 1 aliphatic heterocycles. The maximum atomic E-state index is 12.9. The number of hydrogen-bond donors (Lipinski definition) is 1. The fourth-order valence-corrected chi connectivity index (χ4v) is 4.24. The summed E-state index contributed by atoms with van der Waals surface area (Å²) in [6.45, 7) is 2.73. The third kappa shape index (κ3) is 3.93. The summed E-state index contributed by atoms with van der Waals surface area (Å²) < 4.78 is 28.7. The van der Waals surface area contributed by atoms with Gasteiger partial charge in [-0.2, -0.15) is 0 Å². The number of amides is 1. The van der Waals surface area contributed by atoms with Crippen molar-refractivity contribution >= 4 is 32.3 Å². The van der Waals surface area contributed by atoms with Crippen molar-refractivity contribution in [3.8, 4) is 5.75 Å². The van der Waals surface area contributed by atoms with Crippen LogP contribution in [0.3, 0.4) is 0 Å². The Hall–Kier alpha value is -3.00. The predicted molar refractivity (Wildman–Crippen MR) is 113 cm³/mol. The first-order valence-corrected chi connectivity index (χ1v) is 11.3. The van der Waals surface area contributed by atoms with Gasteiger partial charge < -0.3 is 19.5 Å². The number of nitrogens with zero attached hydrogens (tertiary/aromatic N) is 2. The fraction of sp³-hybridized carbons (Fsp3) is 0.286. The van der Waals surface area contributed by atoms with Gasteiger partial charge in [-0.15, -0.1) is 0 Å². The quantitative estimate of drug-likeness (QED) is 0.711. The standard InChI is InChI=1S/C21H23N3O4S/c1-28-17-5-3-16(4-6-17)23-9-11-24(12-10-23)21(25)20-14-15-13-18(29(2,26)27)7-8-19(15)22-20/h3-8,13-14,22H,9-12H2,1-2H3. The van der Waals surface area contributed by atoms with Gasteiger partial charge >= 0.3 is 0 Å². The van der Waals surface area contributed by atoms with E-state index in [4.69, 9.17) is 4.74 Å². The maximum absolute atomic E-state index is 12.9. The summed E-state index contributed by atoms with van der Waals surface area (Å²) in [4.78, 5) is 20.3.